The second-order valence-corrected chi connectivity index (χ2v) is 4.22. The zero-order valence-corrected chi connectivity index (χ0v) is 8.56. The molecule has 1 saturated heterocycles. The van der Waals surface area contributed by atoms with E-state index in [4.69, 9.17) is 11.6 Å². The highest BCUT2D eigenvalue weighted by atomic mass is 35.5. The molecule has 0 bridgehead atoms. The van der Waals surface area contributed by atoms with Crippen molar-refractivity contribution in [3.05, 3.63) is 0 Å². The molecule has 0 N–H and O–H groups in total. The summed E-state index contributed by atoms with van der Waals surface area (Å²) in [5.41, 5.74) is 0. The number of piperidine rings is 1. The van der Waals surface area contributed by atoms with E-state index in [1.807, 2.05) is 0 Å². The van der Waals surface area contributed by atoms with Crippen LogP contribution in [-0.4, -0.2) is 35.9 Å². The lowest BCUT2D eigenvalue weighted by Crippen LogP contribution is -2.43. The Morgan fingerprint density at radius 2 is 2.46 bits per heavy atom. The fourth-order valence-corrected chi connectivity index (χ4v) is 1.78. The van der Waals surface area contributed by atoms with Crippen LogP contribution >= 0.6 is 11.6 Å². The van der Waals surface area contributed by atoms with Crippen molar-refractivity contribution >= 4 is 17.5 Å². The van der Waals surface area contributed by atoms with E-state index in [0.29, 0.717) is 6.54 Å². The SMILES string of the molecule is C[C@@H](Cl)C(=O)N1CCC[C@@H](CF)C1. The summed E-state index contributed by atoms with van der Waals surface area (Å²) < 4.78 is 12.3. The van der Waals surface area contributed by atoms with Gasteiger partial charge in [0.2, 0.25) is 5.91 Å². The minimum atomic E-state index is -0.488. The van der Waals surface area contributed by atoms with Crippen LogP contribution in [0.25, 0.3) is 0 Å². The number of halogens is 2. The smallest absolute Gasteiger partial charge is 0.240 e. The van der Waals surface area contributed by atoms with E-state index in [1.165, 1.54) is 0 Å². The van der Waals surface area contributed by atoms with Crippen LogP contribution in [0.1, 0.15) is 19.8 Å². The van der Waals surface area contributed by atoms with E-state index in [2.05, 4.69) is 0 Å². The van der Waals surface area contributed by atoms with Gasteiger partial charge in [-0.15, -0.1) is 11.6 Å². The van der Waals surface area contributed by atoms with Crippen LogP contribution in [0.2, 0.25) is 0 Å². The molecular formula is C9H15ClFNO. The third kappa shape index (κ3) is 2.83. The van der Waals surface area contributed by atoms with Crippen LogP contribution in [0, 0.1) is 5.92 Å². The number of rotatable bonds is 2. The average molecular weight is 208 g/mol. The van der Waals surface area contributed by atoms with Gasteiger partial charge in [-0.3, -0.25) is 9.18 Å². The van der Waals surface area contributed by atoms with Crippen molar-refractivity contribution in [2.24, 2.45) is 5.92 Å². The van der Waals surface area contributed by atoms with Gasteiger partial charge in [0.1, 0.15) is 5.38 Å². The molecule has 0 aromatic heterocycles. The van der Waals surface area contributed by atoms with Crippen molar-refractivity contribution in [2.45, 2.75) is 25.1 Å². The Hall–Kier alpha value is -0.310. The lowest BCUT2D eigenvalue weighted by molar-refractivity contribution is -0.132. The highest BCUT2D eigenvalue weighted by Gasteiger charge is 2.25. The maximum absolute atomic E-state index is 12.3. The summed E-state index contributed by atoms with van der Waals surface area (Å²) >= 11 is 5.67. The molecule has 13 heavy (non-hydrogen) atoms. The van der Waals surface area contributed by atoms with E-state index in [0.717, 1.165) is 19.4 Å². The highest BCUT2D eigenvalue weighted by Crippen LogP contribution is 2.18. The Bertz CT molecular complexity index is 186. The summed E-state index contributed by atoms with van der Waals surface area (Å²) in [4.78, 5) is 13.1. The lowest BCUT2D eigenvalue weighted by atomic mass is 9.99. The molecule has 0 unspecified atom stereocenters. The molecule has 2 nitrogen and oxygen atoms in total. The lowest BCUT2D eigenvalue weighted by Gasteiger charge is -2.32. The number of nitrogens with zero attached hydrogens (tertiary/aromatic N) is 1. The van der Waals surface area contributed by atoms with Crippen molar-refractivity contribution in [3.63, 3.8) is 0 Å². The first-order valence-electron chi connectivity index (χ1n) is 4.64. The van der Waals surface area contributed by atoms with Crippen LogP contribution in [0.15, 0.2) is 0 Å². The van der Waals surface area contributed by atoms with Crippen molar-refractivity contribution in [3.8, 4) is 0 Å². The van der Waals surface area contributed by atoms with E-state index in [-0.39, 0.29) is 18.5 Å². The normalized spacial score (nSPS) is 25.8. The summed E-state index contributed by atoms with van der Waals surface area (Å²) in [6.07, 6.45) is 1.78. The molecule has 1 amide bonds. The number of carbonyl (C=O) groups excluding carboxylic acids is 1. The van der Waals surface area contributed by atoms with Gasteiger partial charge in [0.05, 0.1) is 6.67 Å². The topological polar surface area (TPSA) is 20.3 Å². The van der Waals surface area contributed by atoms with Gasteiger partial charge in [0, 0.05) is 19.0 Å². The van der Waals surface area contributed by atoms with E-state index in [1.54, 1.807) is 11.8 Å². The monoisotopic (exact) mass is 207 g/mol. The number of hydrogen-bond donors (Lipinski definition) is 0. The minimum absolute atomic E-state index is 0.0214. The second-order valence-electron chi connectivity index (χ2n) is 3.56. The van der Waals surface area contributed by atoms with Crippen LogP contribution in [0.3, 0.4) is 0 Å². The maximum Gasteiger partial charge on any atom is 0.240 e. The summed E-state index contributed by atoms with van der Waals surface area (Å²) in [7, 11) is 0. The third-order valence-corrected chi connectivity index (χ3v) is 2.58. The van der Waals surface area contributed by atoms with E-state index in [9.17, 15) is 9.18 Å². The molecule has 0 radical (unpaired) electrons. The molecule has 1 heterocycles. The molecule has 0 spiro atoms. The summed E-state index contributed by atoms with van der Waals surface area (Å²) in [5.74, 6) is -0.0482. The van der Waals surface area contributed by atoms with Crippen molar-refractivity contribution in [1.82, 2.24) is 4.90 Å². The predicted octanol–water partition coefficient (Wildman–Crippen LogP) is 1.82. The quantitative estimate of drug-likeness (QED) is 0.633. The first kappa shape index (κ1) is 10.8. The fraction of sp³-hybridized carbons (Fsp3) is 0.889. The maximum atomic E-state index is 12.3. The van der Waals surface area contributed by atoms with Gasteiger partial charge in [-0.25, -0.2) is 0 Å². The molecule has 0 aliphatic carbocycles. The molecule has 1 rings (SSSR count). The summed E-state index contributed by atoms with van der Waals surface area (Å²) in [5, 5.41) is -0.488. The van der Waals surface area contributed by atoms with Gasteiger partial charge in [0.25, 0.3) is 0 Å². The highest BCUT2D eigenvalue weighted by molar-refractivity contribution is 6.30. The molecule has 2 atom stereocenters. The van der Waals surface area contributed by atoms with Gasteiger partial charge in [0.15, 0.2) is 0 Å². The zero-order valence-electron chi connectivity index (χ0n) is 7.80. The number of hydrogen-bond acceptors (Lipinski definition) is 1. The Morgan fingerprint density at radius 3 is 3.00 bits per heavy atom. The molecule has 0 aromatic rings. The first-order chi connectivity index (χ1) is 6.15. The minimum Gasteiger partial charge on any atom is -0.341 e. The standard InChI is InChI=1S/C9H15ClFNO/c1-7(10)9(13)12-4-2-3-8(5-11)6-12/h7-8H,2-6H2,1H3/t7-,8+/m1/s1. The summed E-state index contributed by atoms with van der Waals surface area (Å²) in [6, 6.07) is 0. The first-order valence-corrected chi connectivity index (χ1v) is 5.07. The van der Waals surface area contributed by atoms with Crippen molar-refractivity contribution < 1.29 is 9.18 Å². The van der Waals surface area contributed by atoms with Crippen LogP contribution in [-0.2, 0) is 4.79 Å². The third-order valence-electron chi connectivity index (χ3n) is 2.39. The summed E-state index contributed by atoms with van der Waals surface area (Å²) in [6.45, 7) is 2.59. The number of alkyl halides is 2. The number of likely N-dealkylation sites (tertiary alicyclic amines) is 1. The molecule has 4 heteroatoms. The largest absolute Gasteiger partial charge is 0.341 e. The van der Waals surface area contributed by atoms with Crippen LogP contribution in [0.4, 0.5) is 4.39 Å². The molecule has 0 saturated carbocycles. The van der Waals surface area contributed by atoms with Crippen LogP contribution in [0.5, 0.6) is 0 Å². The molecular weight excluding hydrogens is 193 g/mol. The molecule has 1 aliphatic rings. The molecule has 76 valence electrons. The Labute approximate surface area is 83.0 Å². The van der Waals surface area contributed by atoms with Gasteiger partial charge >= 0.3 is 0 Å². The Balaban J connectivity index is 2.46. The van der Waals surface area contributed by atoms with Gasteiger partial charge < -0.3 is 4.90 Å². The van der Waals surface area contributed by atoms with Gasteiger partial charge in [-0.2, -0.15) is 0 Å². The second kappa shape index (κ2) is 4.80. The number of carbonyl (C=O) groups is 1. The van der Waals surface area contributed by atoms with Gasteiger partial charge in [-0.1, -0.05) is 0 Å². The van der Waals surface area contributed by atoms with Gasteiger partial charge in [-0.05, 0) is 19.8 Å². The average Bonchev–Trinajstić information content (AvgIpc) is 2.16. The van der Waals surface area contributed by atoms with E-state index < -0.39 is 5.38 Å². The Morgan fingerprint density at radius 1 is 1.77 bits per heavy atom. The number of amides is 1. The molecule has 1 aliphatic heterocycles. The predicted molar refractivity (Wildman–Crippen MR) is 50.6 cm³/mol. The zero-order chi connectivity index (χ0) is 9.84. The van der Waals surface area contributed by atoms with Crippen LogP contribution < -0.4 is 0 Å². The van der Waals surface area contributed by atoms with Crippen molar-refractivity contribution in [1.29, 1.82) is 0 Å². The van der Waals surface area contributed by atoms with E-state index >= 15 is 0 Å². The van der Waals surface area contributed by atoms with Crippen molar-refractivity contribution in [2.75, 3.05) is 19.8 Å². The fourth-order valence-electron chi connectivity index (χ4n) is 1.64. The Kier molecular flexibility index (Phi) is 3.97. The molecule has 1 fully saturated rings. The molecule has 0 aromatic carbocycles.